The van der Waals surface area contributed by atoms with Gasteiger partial charge < -0.3 is 10.5 Å². The molecule has 4 rings (SSSR count). The largest absolute Gasteiger partial charge is 0.442 e. The van der Waals surface area contributed by atoms with E-state index in [9.17, 15) is 9.59 Å². The van der Waals surface area contributed by atoms with Crippen molar-refractivity contribution in [3.05, 3.63) is 46.4 Å². The molecule has 39 heavy (non-hydrogen) atoms. The lowest BCUT2D eigenvalue weighted by molar-refractivity contribution is 0.0604. The summed E-state index contributed by atoms with van der Waals surface area (Å²) >= 11 is 0. The Morgan fingerprint density at radius 3 is 2.46 bits per heavy atom. The Kier molecular flexibility index (Phi) is 8.02. The van der Waals surface area contributed by atoms with E-state index in [2.05, 4.69) is 42.8 Å². The second-order valence-electron chi connectivity index (χ2n) is 12.8. The number of aromatic nitrogens is 3. The number of pyridine rings is 1. The molecule has 9 nitrogen and oxygen atoms in total. The van der Waals surface area contributed by atoms with Gasteiger partial charge in [-0.2, -0.15) is 4.99 Å². The lowest BCUT2D eigenvalue weighted by Gasteiger charge is -2.30. The number of anilines is 1. The number of fused-ring (bicyclic) bond motifs is 1. The highest BCUT2D eigenvalue weighted by atomic mass is 16.6. The summed E-state index contributed by atoms with van der Waals surface area (Å²) in [5.41, 5.74) is 10.7. The first-order valence-corrected chi connectivity index (χ1v) is 13.6. The molecule has 0 spiro atoms. The van der Waals surface area contributed by atoms with Crippen molar-refractivity contribution in [2.24, 2.45) is 23.4 Å². The fraction of sp³-hybridized carbons (Fsp3) is 0.533. The van der Waals surface area contributed by atoms with Crippen LogP contribution in [0.1, 0.15) is 59.9 Å². The van der Waals surface area contributed by atoms with Gasteiger partial charge in [-0.1, -0.05) is 26.8 Å². The molecule has 3 aromatic rings. The number of carbonyl (C=O) groups is 1. The zero-order valence-electron chi connectivity index (χ0n) is 24.3. The van der Waals surface area contributed by atoms with Crippen molar-refractivity contribution in [2.75, 3.05) is 18.8 Å². The number of nitrogens with two attached hydrogens (primary N) is 1. The van der Waals surface area contributed by atoms with Gasteiger partial charge in [-0.15, -0.1) is 0 Å². The first kappa shape index (κ1) is 28.5. The van der Waals surface area contributed by atoms with Gasteiger partial charge in [0.1, 0.15) is 5.60 Å². The van der Waals surface area contributed by atoms with Crippen LogP contribution in [0.15, 0.2) is 40.1 Å². The second-order valence-corrected chi connectivity index (χ2v) is 12.8. The summed E-state index contributed by atoms with van der Waals surface area (Å²) in [6.45, 7) is 15.1. The molecular weight excluding hydrogens is 492 g/mol. The summed E-state index contributed by atoms with van der Waals surface area (Å²) in [4.78, 5) is 36.1. The topological polar surface area (TPSA) is 108 Å². The molecule has 2 aromatic heterocycles. The summed E-state index contributed by atoms with van der Waals surface area (Å²) in [6.07, 6.45) is 3.09. The molecule has 1 fully saturated rings. The van der Waals surface area contributed by atoms with Gasteiger partial charge in [0.15, 0.2) is 5.65 Å². The van der Waals surface area contributed by atoms with Gasteiger partial charge >= 0.3 is 11.8 Å². The third kappa shape index (κ3) is 7.15. The zero-order chi connectivity index (χ0) is 28.5. The predicted octanol–water partition coefficient (Wildman–Crippen LogP) is 5.25. The van der Waals surface area contributed by atoms with E-state index in [1.807, 2.05) is 39.0 Å². The Morgan fingerprint density at radius 2 is 1.82 bits per heavy atom. The van der Waals surface area contributed by atoms with E-state index in [0.29, 0.717) is 17.9 Å². The minimum absolute atomic E-state index is 0.0328. The number of carbonyl (C=O) groups excluding carboxylic acids is 1. The third-order valence-corrected chi connectivity index (χ3v) is 6.83. The molecule has 3 heterocycles. The van der Waals surface area contributed by atoms with Gasteiger partial charge in [0.25, 0.3) is 0 Å². The first-order chi connectivity index (χ1) is 18.2. The van der Waals surface area contributed by atoms with Crippen LogP contribution in [0.4, 0.5) is 10.5 Å². The Bertz CT molecular complexity index is 1430. The van der Waals surface area contributed by atoms with Crippen molar-refractivity contribution in [1.29, 1.82) is 0 Å². The van der Waals surface area contributed by atoms with Crippen LogP contribution in [0, 0.1) is 11.3 Å². The molecule has 0 unspecified atom stereocenters. The minimum Gasteiger partial charge on any atom is -0.442 e. The number of hydrogen-bond acceptors (Lipinski definition) is 6. The van der Waals surface area contributed by atoms with Gasteiger partial charge in [-0.05, 0) is 87.9 Å². The van der Waals surface area contributed by atoms with E-state index >= 15 is 0 Å². The van der Waals surface area contributed by atoms with Crippen LogP contribution in [-0.2, 0) is 24.9 Å². The van der Waals surface area contributed by atoms with E-state index in [4.69, 9.17) is 15.5 Å². The summed E-state index contributed by atoms with van der Waals surface area (Å²) in [7, 11) is 1.77. The molecular formula is C30H42N6O3. The lowest BCUT2D eigenvalue weighted by Crippen LogP contribution is -2.33. The Hall–Kier alpha value is -3.46. The monoisotopic (exact) mass is 534 g/mol. The molecule has 0 atom stereocenters. The molecule has 2 N–H and O–H groups in total. The first-order valence-electron chi connectivity index (χ1n) is 13.6. The normalized spacial score (nSPS) is 15.9. The number of likely N-dealkylation sites (tertiary alicyclic amines) is 1. The van der Waals surface area contributed by atoms with Crippen LogP contribution in [0.5, 0.6) is 0 Å². The van der Waals surface area contributed by atoms with Gasteiger partial charge in [0, 0.05) is 37.6 Å². The standard InChI is InChI=1S/C30H42N6O3/c1-29(2,3)19-36-25-11-10-24(33-26(25)34(7)28(36)38)22-16-21(8-9-23(22)31)18-35-14-12-20(13-15-35)17-32-27(37)39-30(4,5)6/h8-11,16-17,20H,12-15,18-19,31H2,1-7H3/b32-17+. The molecule has 1 aliphatic rings. The highest BCUT2D eigenvalue weighted by Gasteiger charge is 2.21. The van der Waals surface area contributed by atoms with E-state index < -0.39 is 11.7 Å². The fourth-order valence-electron chi connectivity index (χ4n) is 4.95. The van der Waals surface area contributed by atoms with Crippen molar-refractivity contribution < 1.29 is 9.53 Å². The number of rotatable bonds is 5. The Labute approximate surface area is 230 Å². The summed E-state index contributed by atoms with van der Waals surface area (Å²) < 4.78 is 8.67. The molecule has 1 aromatic carbocycles. The van der Waals surface area contributed by atoms with Crippen molar-refractivity contribution in [2.45, 2.75) is 73.1 Å². The van der Waals surface area contributed by atoms with Crippen LogP contribution < -0.4 is 11.4 Å². The zero-order valence-corrected chi connectivity index (χ0v) is 24.3. The Morgan fingerprint density at radius 1 is 1.13 bits per heavy atom. The molecule has 9 heteroatoms. The second kappa shape index (κ2) is 11.0. The number of piperidine rings is 1. The predicted molar refractivity (Wildman–Crippen MR) is 157 cm³/mol. The van der Waals surface area contributed by atoms with E-state index in [-0.39, 0.29) is 17.0 Å². The highest BCUT2D eigenvalue weighted by Crippen LogP contribution is 2.29. The minimum atomic E-state index is -0.537. The molecule has 1 aliphatic heterocycles. The van der Waals surface area contributed by atoms with Crippen LogP contribution >= 0.6 is 0 Å². The number of aryl methyl sites for hydroxylation is 1. The van der Waals surface area contributed by atoms with E-state index in [1.165, 1.54) is 0 Å². The maximum atomic E-state index is 12.9. The third-order valence-electron chi connectivity index (χ3n) is 6.83. The van der Waals surface area contributed by atoms with Crippen LogP contribution in [-0.4, -0.2) is 50.0 Å². The highest BCUT2D eigenvalue weighted by molar-refractivity contribution is 5.81. The lowest BCUT2D eigenvalue weighted by atomic mass is 9.97. The van der Waals surface area contributed by atoms with Crippen LogP contribution in [0.2, 0.25) is 0 Å². The molecule has 1 saturated heterocycles. The smallest absolute Gasteiger partial charge is 0.433 e. The van der Waals surface area contributed by atoms with Gasteiger partial charge in [0.2, 0.25) is 0 Å². The molecule has 0 bridgehead atoms. The van der Waals surface area contributed by atoms with Crippen LogP contribution in [0.3, 0.4) is 0 Å². The Balaban J connectivity index is 1.46. The van der Waals surface area contributed by atoms with Gasteiger partial charge in [0.05, 0.1) is 11.2 Å². The number of benzene rings is 1. The maximum Gasteiger partial charge on any atom is 0.433 e. The van der Waals surface area contributed by atoms with Gasteiger partial charge in [-0.25, -0.2) is 14.6 Å². The van der Waals surface area contributed by atoms with E-state index in [0.717, 1.165) is 54.8 Å². The summed E-state index contributed by atoms with van der Waals surface area (Å²) in [5.74, 6) is 0.268. The number of amides is 1. The average Bonchev–Trinajstić information content (AvgIpc) is 3.07. The van der Waals surface area contributed by atoms with E-state index in [1.54, 1.807) is 22.4 Å². The molecule has 0 saturated carbocycles. The number of aliphatic imine (C=N–C) groups is 1. The number of nitrogens with zero attached hydrogens (tertiary/aromatic N) is 5. The SMILES string of the molecule is Cn1c(=O)n(CC(C)(C)C)c2ccc(-c3cc(CN4CCC(/C=N/C(=O)OC(C)(C)C)CC4)ccc3N)nc21. The van der Waals surface area contributed by atoms with Crippen molar-refractivity contribution >= 4 is 29.2 Å². The molecule has 1 amide bonds. The maximum absolute atomic E-state index is 12.9. The number of imidazole rings is 1. The number of nitrogen functional groups attached to an aromatic ring is 1. The number of ether oxygens (including phenoxy) is 1. The molecule has 210 valence electrons. The fourth-order valence-corrected chi connectivity index (χ4v) is 4.95. The van der Waals surface area contributed by atoms with Crippen molar-refractivity contribution in [3.8, 4) is 11.3 Å². The molecule has 0 radical (unpaired) electrons. The quantitative estimate of drug-likeness (QED) is 0.354. The van der Waals surface area contributed by atoms with Crippen LogP contribution in [0.25, 0.3) is 22.4 Å². The van der Waals surface area contributed by atoms with Crippen molar-refractivity contribution in [3.63, 3.8) is 0 Å². The van der Waals surface area contributed by atoms with Crippen molar-refractivity contribution in [1.82, 2.24) is 19.0 Å². The average molecular weight is 535 g/mol. The summed E-state index contributed by atoms with van der Waals surface area (Å²) in [5, 5.41) is 0. The van der Waals surface area contributed by atoms with Gasteiger partial charge in [-0.3, -0.25) is 14.0 Å². The summed E-state index contributed by atoms with van der Waals surface area (Å²) in [6, 6.07) is 10.0. The number of hydrogen-bond donors (Lipinski definition) is 1. The molecule has 0 aliphatic carbocycles.